The van der Waals surface area contributed by atoms with Crippen LogP contribution in [0.1, 0.15) is 68.8 Å². The Morgan fingerprint density at radius 1 is 1.06 bits per heavy atom. The largest absolute Gasteiger partial charge is 0.357 e. The third-order valence-corrected chi connectivity index (χ3v) is 6.56. The first-order valence-corrected chi connectivity index (χ1v) is 12.3. The van der Waals surface area contributed by atoms with Gasteiger partial charge in [-0.15, -0.1) is 0 Å². The molecule has 3 rings (SSSR count). The van der Waals surface area contributed by atoms with Gasteiger partial charge >= 0.3 is 0 Å². The molecule has 1 saturated heterocycles. The molecule has 176 valence electrons. The van der Waals surface area contributed by atoms with E-state index in [-0.39, 0.29) is 17.9 Å². The normalized spacial score (nSPS) is 19.3. The highest BCUT2D eigenvalue weighted by atomic mass is 16.2. The van der Waals surface area contributed by atoms with Crippen molar-refractivity contribution in [3.63, 3.8) is 0 Å². The predicted octanol–water partition coefficient (Wildman–Crippen LogP) is 3.01. The first-order valence-electron chi connectivity index (χ1n) is 12.3. The molecule has 1 unspecified atom stereocenters. The summed E-state index contributed by atoms with van der Waals surface area (Å²) in [4.78, 5) is 33.8. The number of guanidine groups is 1. The maximum atomic E-state index is 12.7. The summed E-state index contributed by atoms with van der Waals surface area (Å²) < 4.78 is 0. The number of benzene rings is 1. The van der Waals surface area contributed by atoms with Crippen molar-refractivity contribution >= 4 is 17.8 Å². The van der Waals surface area contributed by atoms with Crippen molar-refractivity contribution in [2.24, 2.45) is 10.9 Å². The Hall–Kier alpha value is -2.57. The molecule has 32 heavy (non-hydrogen) atoms. The number of amides is 2. The molecular weight excluding hydrogens is 402 g/mol. The smallest absolute Gasteiger partial charge is 0.253 e. The van der Waals surface area contributed by atoms with Crippen LogP contribution in [0.25, 0.3) is 0 Å². The van der Waals surface area contributed by atoms with Crippen molar-refractivity contribution in [3.05, 3.63) is 35.4 Å². The lowest BCUT2D eigenvalue weighted by Gasteiger charge is -2.21. The van der Waals surface area contributed by atoms with E-state index in [0.717, 1.165) is 50.4 Å². The van der Waals surface area contributed by atoms with Gasteiger partial charge in [0.2, 0.25) is 5.91 Å². The molecule has 2 aliphatic rings. The Kier molecular flexibility index (Phi) is 8.94. The third kappa shape index (κ3) is 6.24. The zero-order valence-corrected chi connectivity index (χ0v) is 19.9. The van der Waals surface area contributed by atoms with Gasteiger partial charge in [-0.1, -0.05) is 25.0 Å². The summed E-state index contributed by atoms with van der Waals surface area (Å²) >= 11 is 0. The van der Waals surface area contributed by atoms with E-state index in [1.807, 2.05) is 47.9 Å². The average molecular weight is 442 g/mol. The van der Waals surface area contributed by atoms with Gasteiger partial charge in [0.05, 0.1) is 6.54 Å². The molecule has 1 aromatic carbocycles. The van der Waals surface area contributed by atoms with Gasteiger partial charge in [0.25, 0.3) is 5.91 Å². The zero-order valence-electron chi connectivity index (χ0n) is 19.9. The van der Waals surface area contributed by atoms with Gasteiger partial charge < -0.3 is 20.4 Å². The molecule has 1 atom stereocenters. The van der Waals surface area contributed by atoms with E-state index in [9.17, 15) is 9.59 Å². The molecule has 0 spiro atoms. The number of carbonyl (C=O) groups is 2. The van der Waals surface area contributed by atoms with Crippen molar-refractivity contribution in [2.75, 3.05) is 32.7 Å². The monoisotopic (exact) mass is 441 g/mol. The minimum atomic E-state index is 0.0676. The predicted molar refractivity (Wildman–Crippen MR) is 129 cm³/mol. The topological polar surface area (TPSA) is 77.0 Å². The molecule has 0 aromatic heterocycles. The zero-order chi connectivity index (χ0) is 22.9. The van der Waals surface area contributed by atoms with E-state index in [2.05, 4.69) is 17.6 Å². The van der Waals surface area contributed by atoms with E-state index < -0.39 is 0 Å². The summed E-state index contributed by atoms with van der Waals surface area (Å²) in [6.45, 7) is 10.4. The van der Waals surface area contributed by atoms with E-state index in [0.29, 0.717) is 31.1 Å². The van der Waals surface area contributed by atoms with Gasteiger partial charge in [0.15, 0.2) is 5.96 Å². The number of nitrogens with one attached hydrogen (secondary N) is 2. The molecule has 2 N–H and O–H groups in total. The number of likely N-dealkylation sites (tertiary alicyclic amines) is 1. The maximum absolute atomic E-state index is 12.7. The first kappa shape index (κ1) is 24.1. The molecule has 0 radical (unpaired) electrons. The molecule has 2 amide bonds. The van der Waals surface area contributed by atoms with Crippen LogP contribution < -0.4 is 10.6 Å². The van der Waals surface area contributed by atoms with Crippen LogP contribution in [-0.2, 0) is 11.3 Å². The third-order valence-electron chi connectivity index (χ3n) is 6.56. The van der Waals surface area contributed by atoms with Crippen molar-refractivity contribution in [2.45, 2.75) is 65.5 Å². The van der Waals surface area contributed by atoms with Crippen LogP contribution in [0.4, 0.5) is 0 Å². The van der Waals surface area contributed by atoms with Gasteiger partial charge in [0.1, 0.15) is 0 Å². The number of aliphatic imine (C=N–C) groups is 1. The molecule has 7 nitrogen and oxygen atoms in total. The van der Waals surface area contributed by atoms with Crippen LogP contribution in [0.2, 0.25) is 0 Å². The molecule has 2 fully saturated rings. The lowest BCUT2D eigenvalue weighted by atomic mass is 10.1. The molecule has 7 heteroatoms. The lowest BCUT2D eigenvalue weighted by Crippen LogP contribution is -2.45. The van der Waals surface area contributed by atoms with Gasteiger partial charge in [-0.05, 0) is 57.7 Å². The standard InChI is InChI=1S/C25H39N5O2/c1-4-26-25(28-22-15-16-30(18-22)24(32)20-9-7-8-10-20)27-17-19-11-13-21(14-12-19)23(31)29(5-2)6-3/h11-14,20,22H,4-10,15-18H2,1-3H3,(H2,26,27,28). The minimum Gasteiger partial charge on any atom is -0.357 e. The number of rotatable bonds is 8. The highest BCUT2D eigenvalue weighted by molar-refractivity contribution is 5.94. The van der Waals surface area contributed by atoms with Crippen LogP contribution in [0.15, 0.2) is 29.3 Å². The highest BCUT2D eigenvalue weighted by Gasteiger charge is 2.32. The Morgan fingerprint density at radius 3 is 2.38 bits per heavy atom. The van der Waals surface area contributed by atoms with Gasteiger partial charge in [-0.25, -0.2) is 4.99 Å². The van der Waals surface area contributed by atoms with Crippen molar-refractivity contribution in [3.8, 4) is 0 Å². The number of hydrogen-bond donors (Lipinski definition) is 2. The SMILES string of the molecule is CCNC(=NCc1ccc(C(=O)N(CC)CC)cc1)NC1CCN(C(=O)C2CCCC2)C1. The summed E-state index contributed by atoms with van der Waals surface area (Å²) in [6.07, 6.45) is 5.43. The van der Waals surface area contributed by atoms with Crippen LogP contribution in [0.5, 0.6) is 0 Å². The van der Waals surface area contributed by atoms with Gasteiger partial charge in [-0.2, -0.15) is 0 Å². The Bertz CT molecular complexity index is 782. The van der Waals surface area contributed by atoms with Crippen LogP contribution in [-0.4, -0.2) is 66.3 Å². The molecule has 0 bridgehead atoms. The van der Waals surface area contributed by atoms with E-state index >= 15 is 0 Å². The Morgan fingerprint density at radius 2 is 1.75 bits per heavy atom. The minimum absolute atomic E-state index is 0.0676. The Labute approximate surface area is 192 Å². The fraction of sp³-hybridized carbons (Fsp3) is 0.640. The van der Waals surface area contributed by atoms with Crippen LogP contribution in [0, 0.1) is 5.92 Å². The second-order valence-corrected chi connectivity index (χ2v) is 8.77. The summed E-state index contributed by atoms with van der Waals surface area (Å²) in [6, 6.07) is 7.94. The lowest BCUT2D eigenvalue weighted by molar-refractivity contribution is -0.134. The second-order valence-electron chi connectivity index (χ2n) is 8.77. The maximum Gasteiger partial charge on any atom is 0.253 e. The molecule has 1 aliphatic heterocycles. The van der Waals surface area contributed by atoms with Crippen LogP contribution >= 0.6 is 0 Å². The quantitative estimate of drug-likeness (QED) is 0.480. The van der Waals surface area contributed by atoms with Crippen molar-refractivity contribution < 1.29 is 9.59 Å². The van der Waals surface area contributed by atoms with Gasteiger partial charge in [-0.3, -0.25) is 9.59 Å². The second kappa shape index (κ2) is 11.9. The van der Waals surface area contributed by atoms with E-state index in [1.54, 1.807) is 0 Å². The summed E-state index contributed by atoms with van der Waals surface area (Å²) in [5.41, 5.74) is 1.77. The highest BCUT2D eigenvalue weighted by Crippen LogP contribution is 2.27. The Balaban J connectivity index is 1.54. The summed E-state index contributed by atoms with van der Waals surface area (Å²) in [7, 11) is 0. The van der Waals surface area contributed by atoms with Crippen molar-refractivity contribution in [1.82, 2.24) is 20.4 Å². The average Bonchev–Trinajstić information content (AvgIpc) is 3.51. The molecule has 1 saturated carbocycles. The number of carbonyl (C=O) groups excluding carboxylic acids is 2. The van der Waals surface area contributed by atoms with Crippen LogP contribution in [0.3, 0.4) is 0 Å². The summed E-state index contributed by atoms with van der Waals surface area (Å²) in [5.74, 6) is 1.43. The molecule has 1 aliphatic carbocycles. The fourth-order valence-corrected chi connectivity index (χ4v) is 4.64. The molecular formula is C25H39N5O2. The number of hydrogen-bond acceptors (Lipinski definition) is 3. The molecule has 1 aromatic rings. The van der Waals surface area contributed by atoms with Crippen molar-refractivity contribution in [1.29, 1.82) is 0 Å². The van der Waals surface area contributed by atoms with E-state index in [1.165, 1.54) is 12.8 Å². The number of nitrogens with zero attached hydrogens (tertiary/aromatic N) is 3. The van der Waals surface area contributed by atoms with E-state index in [4.69, 9.17) is 4.99 Å². The fourth-order valence-electron chi connectivity index (χ4n) is 4.64. The summed E-state index contributed by atoms with van der Waals surface area (Å²) in [5, 5.41) is 6.82. The first-order chi connectivity index (χ1) is 15.5. The van der Waals surface area contributed by atoms with Gasteiger partial charge in [0, 0.05) is 50.2 Å². The molecule has 1 heterocycles.